The third kappa shape index (κ3) is 6.80. The molecule has 2 unspecified atom stereocenters. The summed E-state index contributed by atoms with van der Waals surface area (Å²) in [5, 5.41) is 9.64. The molecule has 1 N–H and O–H groups in total. The maximum atomic E-state index is 14.2. The van der Waals surface area contributed by atoms with E-state index in [1.54, 1.807) is 19.4 Å². The van der Waals surface area contributed by atoms with Crippen molar-refractivity contribution in [2.45, 2.75) is 171 Å². The Balaban J connectivity index is 1.26. The number of carbonyl (C=O) groups excluding carboxylic acids is 2. The molecule has 53 heavy (non-hydrogen) atoms. The van der Waals surface area contributed by atoms with Gasteiger partial charge in [0, 0.05) is 36.4 Å². The number of allylic oxidation sites excluding steroid dienone is 2. The van der Waals surface area contributed by atoms with E-state index in [2.05, 4.69) is 72.4 Å². The van der Waals surface area contributed by atoms with Crippen molar-refractivity contribution in [3.8, 4) is 0 Å². The number of ketones is 1. The number of fused-ring (bicyclic) bond motifs is 7. The van der Waals surface area contributed by atoms with Crippen molar-refractivity contribution in [2.75, 3.05) is 33.7 Å². The predicted octanol–water partition coefficient (Wildman–Crippen LogP) is 9.58. The molecule has 5 fully saturated rings. The minimum Gasteiger partial charge on any atom is -0.481 e. The number of esters is 1. The number of likely N-dealkylation sites (N-methyl/N-ethyl adjacent to an activating group) is 1. The van der Waals surface area contributed by atoms with Crippen molar-refractivity contribution < 1.29 is 24.2 Å². The van der Waals surface area contributed by atoms with Crippen LogP contribution in [0.1, 0.15) is 159 Å². The van der Waals surface area contributed by atoms with E-state index >= 15 is 0 Å². The maximum absolute atomic E-state index is 14.2. The third-order valence-electron chi connectivity index (χ3n) is 17.5. The molecule has 0 radical (unpaired) electrons. The van der Waals surface area contributed by atoms with Crippen molar-refractivity contribution in [1.29, 1.82) is 0 Å². The van der Waals surface area contributed by atoms with Gasteiger partial charge in [-0.2, -0.15) is 0 Å². The van der Waals surface area contributed by atoms with Gasteiger partial charge in [-0.25, -0.2) is 0 Å². The largest absolute Gasteiger partial charge is 0.481 e. The molecule has 300 valence electrons. The highest BCUT2D eigenvalue weighted by molar-refractivity contribution is 6.00. The highest BCUT2D eigenvalue weighted by Crippen LogP contribution is 2.77. The smallest absolute Gasteiger partial charge is 0.309 e. The van der Waals surface area contributed by atoms with Crippen molar-refractivity contribution in [1.82, 2.24) is 9.80 Å². The van der Waals surface area contributed by atoms with Crippen LogP contribution in [0.3, 0.4) is 0 Å². The molecule has 0 aromatic rings. The zero-order valence-corrected chi connectivity index (χ0v) is 35.7. The first-order valence-corrected chi connectivity index (χ1v) is 21.7. The molecule has 5 saturated carbocycles. The molecular weight excluding hydrogens is 661 g/mol. The number of carbonyl (C=O) groups is 3. The number of aliphatic carboxylic acids is 1. The number of hydrogen-bond acceptors (Lipinski definition) is 6. The first-order chi connectivity index (χ1) is 24.6. The Morgan fingerprint density at radius 1 is 0.849 bits per heavy atom. The molecule has 0 heterocycles. The number of ether oxygens (including phenoxy) is 1. The van der Waals surface area contributed by atoms with Crippen molar-refractivity contribution >= 4 is 17.7 Å². The first-order valence-electron chi connectivity index (χ1n) is 21.7. The van der Waals surface area contributed by atoms with Gasteiger partial charge in [-0.05, 0) is 151 Å². The summed E-state index contributed by atoms with van der Waals surface area (Å²) in [6.45, 7) is 23.6. The van der Waals surface area contributed by atoms with Crippen LogP contribution >= 0.6 is 0 Å². The Labute approximate surface area is 322 Å². The Kier molecular flexibility index (Phi) is 11.1. The number of carboxylic acid groups (broad SMARTS) is 1. The van der Waals surface area contributed by atoms with Gasteiger partial charge >= 0.3 is 11.9 Å². The van der Waals surface area contributed by atoms with Crippen LogP contribution in [0.15, 0.2) is 11.1 Å². The topological polar surface area (TPSA) is 87.2 Å². The van der Waals surface area contributed by atoms with Gasteiger partial charge in [-0.15, -0.1) is 0 Å². The van der Waals surface area contributed by atoms with E-state index in [0.717, 1.165) is 58.2 Å². The summed E-state index contributed by atoms with van der Waals surface area (Å²) in [6, 6.07) is 0.694. The molecule has 0 spiro atoms. The van der Waals surface area contributed by atoms with Gasteiger partial charge in [-0.3, -0.25) is 19.3 Å². The SMILES string of the molecule is CC(C)C1=C2[C@H]3CCC4[C@@]5(C)CC[C@H](OC(=O)CC(C)(C)C(=O)O)C(C)(C)C5CC[C@@]4(C)[C@]3(C)CC[C@@]2(CCN(CCN(C)C)C2CCCC2)CC1=O. The minimum atomic E-state index is -1.14. The Bertz CT molecular complexity index is 1460. The van der Waals surface area contributed by atoms with Crippen LogP contribution in [-0.4, -0.2) is 78.5 Å². The molecule has 7 heteroatoms. The lowest BCUT2D eigenvalue weighted by atomic mass is 9.33. The Hall–Kier alpha value is -1.73. The van der Waals surface area contributed by atoms with Gasteiger partial charge in [0.15, 0.2) is 5.78 Å². The second-order valence-corrected chi connectivity index (χ2v) is 21.7. The second kappa shape index (κ2) is 14.3. The number of carboxylic acids is 1. The summed E-state index contributed by atoms with van der Waals surface area (Å²) in [7, 11) is 4.38. The normalized spacial score (nSPS) is 38.6. The van der Waals surface area contributed by atoms with Crippen LogP contribution in [-0.2, 0) is 19.1 Å². The van der Waals surface area contributed by atoms with Crippen LogP contribution in [0, 0.1) is 56.2 Å². The van der Waals surface area contributed by atoms with Crippen LogP contribution in [0.2, 0.25) is 0 Å². The van der Waals surface area contributed by atoms with E-state index in [-0.39, 0.29) is 51.5 Å². The monoisotopic (exact) mass is 737 g/mol. The van der Waals surface area contributed by atoms with Crippen molar-refractivity contribution in [3.05, 3.63) is 11.1 Å². The molecule has 7 nitrogen and oxygen atoms in total. The Morgan fingerprint density at radius 3 is 2.15 bits per heavy atom. The van der Waals surface area contributed by atoms with Gasteiger partial charge in [0.05, 0.1) is 11.8 Å². The summed E-state index contributed by atoms with van der Waals surface area (Å²) in [5.41, 5.74) is 1.94. The van der Waals surface area contributed by atoms with E-state index in [0.29, 0.717) is 29.6 Å². The van der Waals surface area contributed by atoms with Gasteiger partial charge < -0.3 is 14.7 Å². The predicted molar refractivity (Wildman–Crippen MR) is 212 cm³/mol. The minimum absolute atomic E-state index is 0.0132. The van der Waals surface area contributed by atoms with E-state index < -0.39 is 11.4 Å². The standard InChI is InChI=1S/C46H76N2O5/c1-30(2)38-33(49)28-46(24-25-48(27-26-47(10)11)31-14-12-13-15-31)23-22-44(8)32(39(38)46)16-17-35-43(7)20-19-36(53-37(50)29-41(3,4)40(51)52)42(5,6)34(43)18-21-45(35,44)9/h30-32,34-36H,12-29H2,1-11H3,(H,51,52)/t32-,34?,35?,36+,43+,44-,45-,46-/m1/s1. The molecule has 6 aliphatic rings. The second-order valence-electron chi connectivity index (χ2n) is 21.7. The summed E-state index contributed by atoms with van der Waals surface area (Å²) in [4.78, 5) is 44.3. The highest BCUT2D eigenvalue weighted by Gasteiger charge is 2.70. The van der Waals surface area contributed by atoms with Gasteiger partial charge in [-0.1, -0.05) is 66.9 Å². The number of hydrogen-bond donors (Lipinski definition) is 1. The van der Waals surface area contributed by atoms with Crippen LogP contribution < -0.4 is 0 Å². The van der Waals surface area contributed by atoms with Gasteiger partial charge in [0.2, 0.25) is 0 Å². The lowest BCUT2D eigenvalue weighted by molar-refractivity contribution is -0.233. The number of nitrogens with zero attached hydrogens (tertiary/aromatic N) is 2. The third-order valence-corrected chi connectivity index (χ3v) is 17.5. The van der Waals surface area contributed by atoms with Crippen molar-refractivity contribution in [2.24, 2.45) is 56.2 Å². The fourth-order valence-electron chi connectivity index (χ4n) is 14.3. The Morgan fingerprint density at radius 2 is 1.53 bits per heavy atom. The summed E-state index contributed by atoms with van der Waals surface area (Å²) in [6.07, 6.45) is 15.8. The van der Waals surface area contributed by atoms with E-state index in [4.69, 9.17) is 4.74 Å². The molecule has 0 aromatic heterocycles. The van der Waals surface area contributed by atoms with Crippen LogP contribution in [0.4, 0.5) is 0 Å². The van der Waals surface area contributed by atoms with Crippen molar-refractivity contribution in [3.63, 3.8) is 0 Å². The molecule has 8 atom stereocenters. The maximum Gasteiger partial charge on any atom is 0.309 e. The van der Waals surface area contributed by atoms with E-state index in [9.17, 15) is 19.5 Å². The molecule has 0 aromatic carbocycles. The molecule has 6 aliphatic carbocycles. The summed E-state index contributed by atoms with van der Waals surface area (Å²) < 4.78 is 6.21. The number of rotatable bonds is 12. The van der Waals surface area contributed by atoms with E-state index in [1.807, 2.05) is 0 Å². The highest BCUT2D eigenvalue weighted by atomic mass is 16.5. The fourth-order valence-corrected chi connectivity index (χ4v) is 14.3. The lowest BCUT2D eigenvalue weighted by Gasteiger charge is -2.72. The zero-order chi connectivity index (χ0) is 38.9. The summed E-state index contributed by atoms with van der Waals surface area (Å²) >= 11 is 0. The molecular formula is C46H76N2O5. The molecule has 0 aliphatic heterocycles. The van der Waals surface area contributed by atoms with E-state index in [1.165, 1.54) is 56.9 Å². The van der Waals surface area contributed by atoms with Crippen LogP contribution in [0.5, 0.6) is 0 Å². The van der Waals surface area contributed by atoms with Crippen LogP contribution in [0.25, 0.3) is 0 Å². The van der Waals surface area contributed by atoms with Gasteiger partial charge in [0.1, 0.15) is 6.10 Å². The molecule has 6 rings (SSSR count). The zero-order valence-electron chi connectivity index (χ0n) is 35.7. The quantitative estimate of drug-likeness (QED) is 0.200. The van der Waals surface area contributed by atoms with Gasteiger partial charge in [0.25, 0.3) is 0 Å². The molecule has 0 bridgehead atoms. The first kappa shape index (κ1) is 40.9. The average molecular weight is 737 g/mol. The summed E-state index contributed by atoms with van der Waals surface area (Å²) in [5.74, 6) is 0.828. The average Bonchev–Trinajstić information content (AvgIpc) is 3.69. The lowest BCUT2D eigenvalue weighted by Crippen LogP contribution is -2.65. The molecule has 0 saturated heterocycles. The fraction of sp³-hybridized carbons (Fsp3) is 0.891. The number of Topliss-reactive ketones (excluding diaryl/α,β-unsaturated/α-hetero) is 1. The molecule has 0 amide bonds.